The Hall–Kier alpha value is -2.29. The molecule has 0 atom stereocenters. The van der Waals surface area contributed by atoms with Crippen molar-refractivity contribution in [3.05, 3.63) is 47.8 Å². The molecule has 0 fully saturated rings. The summed E-state index contributed by atoms with van der Waals surface area (Å²) in [5, 5.41) is 9.45. The number of aromatic nitrogens is 1. The fourth-order valence-corrected chi connectivity index (χ4v) is 1.79. The van der Waals surface area contributed by atoms with Crippen molar-refractivity contribution >= 4 is 23.6 Å². The average Bonchev–Trinajstić information content (AvgIpc) is 2.90. The first-order valence-corrected chi connectivity index (χ1v) is 5.05. The van der Waals surface area contributed by atoms with Crippen LogP contribution in [0, 0.1) is 0 Å². The fourth-order valence-electron chi connectivity index (χ4n) is 1.79. The highest BCUT2D eigenvalue weighted by atomic mass is 16.3. The zero-order valence-corrected chi connectivity index (χ0v) is 8.51. The highest BCUT2D eigenvalue weighted by molar-refractivity contribution is 6.21. The number of rotatable bonds is 1. The van der Waals surface area contributed by atoms with E-state index in [1.165, 1.54) is 0 Å². The van der Waals surface area contributed by atoms with Crippen LogP contribution in [-0.2, 0) is 0 Å². The zero-order chi connectivity index (χ0) is 11.0. The number of phenolic OH excluding ortho intramolecular Hbond substituents is 1. The van der Waals surface area contributed by atoms with Gasteiger partial charge in [0.2, 0.25) is 0 Å². The number of fused-ring (bicyclic) bond motifs is 1. The largest absolute Gasteiger partial charge is 0.508 e. The SMILES string of the molecule is Oc1ccc2c(c1)C(=Cc1ccc[nH]1)C=N2. The maximum absolute atomic E-state index is 9.45. The van der Waals surface area contributed by atoms with Crippen molar-refractivity contribution in [2.24, 2.45) is 4.99 Å². The van der Waals surface area contributed by atoms with Crippen molar-refractivity contribution in [2.45, 2.75) is 0 Å². The van der Waals surface area contributed by atoms with Crippen LogP contribution in [0.25, 0.3) is 11.6 Å². The summed E-state index contributed by atoms with van der Waals surface area (Å²) >= 11 is 0. The van der Waals surface area contributed by atoms with Gasteiger partial charge >= 0.3 is 0 Å². The van der Waals surface area contributed by atoms with E-state index in [-0.39, 0.29) is 5.75 Å². The van der Waals surface area contributed by atoms with Crippen molar-refractivity contribution in [2.75, 3.05) is 0 Å². The van der Waals surface area contributed by atoms with Crippen molar-refractivity contribution in [1.29, 1.82) is 0 Å². The number of hydrogen-bond acceptors (Lipinski definition) is 2. The lowest BCUT2D eigenvalue weighted by molar-refractivity contribution is 0.475. The maximum Gasteiger partial charge on any atom is 0.116 e. The van der Waals surface area contributed by atoms with Crippen LogP contribution < -0.4 is 0 Å². The smallest absolute Gasteiger partial charge is 0.116 e. The number of aliphatic imine (C=N–C) groups is 1. The lowest BCUT2D eigenvalue weighted by Crippen LogP contribution is -1.80. The number of H-pyrrole nitrogens is 1. The molecule has 3 heteroatoms. The summed E-state index contributed by atoms with van der Waals surface area (Å²) in [6.07, 6.45) is 5.70. The van der Waals surface area contributed by atoms with E-state index in [1.54, 1.807) is 12.1 Å². The standard InChI is InChI=1S/C13H10N2O/c16-11-3-4-13-12(7-11)9(8-15-13)6-10-2-1-5-14-10/h1-8,14,16H. The molecule has 2 N–H and O–H groups in total. The molecule has 0 bridgehead atoms. The third-order valence-corrected chi connectivity index (χ3v) is 2.57. The molecule has 1 aromatic heterocycles. The second-order valence-corrected chi connectivity index (χ2v) is 3.68. The topological polar surface area (TPSA) is 48.4 Å². The predicted octanol–water partition coefficient (Wildman–Crippen LogP) is 2.98. The van der Waals surface area contributed by atoms with Gasteiger partial charge in [0.25, 0.3) is 0 Å². The highest BCUT2D eigenvalue weighted by Gasteiger charge is 2.12. The zero-order valence-electron chi connectivity index (χ0n) is 8.51. The van der Waals surface area contributed by atoms with E-state index in [4.69, 9.17) is 0 Å². The van der Waals surface area contributed by atoms with E-state index in [1.807, 2.05) is 36.7 Å². The van der Waals surface area contributed by atoms with Crippen molar-refractivity contribution in [1.82, 2.24) is 4.98 Å². The van der Waals surface area contributed by atoms with Crippen LogP contribution in [0.15, 0.2) is 41.5 Å². The van der Waals surface area contributed by atoms with E-state index in [9.17, 15) is 5.11 Å². The first-order valence-electron chi connectivity index (χ1n) is 5.05. The van der Waals surface area contributed by atoms with Gasteiger partial charge in [0, 0.05) is 29.2 Å². The second-order valence-electron chi connectivity index (χ2n) is 3.68. The summed E-state index contributed by atoms with van der Waals surface area (Å²) in [5.74, 6) is 0.265. The van der Waals surface area contributed by atoms with Gasteiger partial charge < -0.3 is 10.1 Å². The van der Waals surface area contributed by atoms with Crippen molar-refractivity contribution in [3.63, 3.8) is 0 Å². The number of aromatic amines is 1. The normalized spacial score (nSPS) is 15.6. The summed E-state index contributed by atoms with van der Waals surface area (Å²) < 4.78 is 0. The Kier molecular flexibility index (Phi) is 1.90. The van der Waals surface area contributed by atoms with Gasteiger partial charge in [0.15, 0.2) is 0 Å². The number of nitrogens with zero attached hydrogens (tertiary/aromatic N) is 1. The van der Waals surface area contributed by atoms with Crippen molar-refractivity contribution in [3.8, 4) is 5.75 Å². The molecule has 1 aliphatic rings. The number of nitrogens with one attached hydrogen (secondary N) is 1. The van der Waals surface area contributed by atoms with E-state index >= 15 is 0 Å². The molecule has 0 saturated carbocycles. The van der Waals surface area contributed by atoms with Gasteiger partial charge in [-0.1, -0.05) is 0 Å². The molecular formula is C13H10N2O. The van der Waals surface area contributed by atoms with Crippen LogP contribution in [0.4, 0.5) is 5.69 Å². The second kappa shape index (κ2) is 3.38. The monoisotopic (exact) mass is 210 g/mol. The summed E-state index contributed by atoms with van der Waals surface area (Å²) in [7, 11) is 0. The van der Waals surface area contributed by atoms with Gasteiger partial charge in [-0.2, -0.15) is 0 Å². The van der Waals surface area contributed by atoms with Crippen LogP contribution in [0.5, 0.6) is 5.75 Å². The quantitative estimate of drug-likeness (QED) is 0.746. The minimum absolute atomic E-state index is 0.265. The van der Waals surface area contributed by atoms with E-state index in [2.05, 4.69) is 9.98 Å². The predicted molar refractivity (Wildman–Crippen MR) is 64.9 cm³/mol. The Balaban J connectivity index is 2.09. The van der Waals surface area contributed by atoms with E-state index < -0.39 is 0 Å². The highest BCUT2D eigenvalue weighted by Crippen LogP contribution is 2.34. The molecule has 2 aromatic rings. The molecular weight excluding hydrogens is 200 g/mol. The minimum Gasteiger partial charge on any atom is -0.508 e. The lowest BCUT2D eigenvalue weighted by Gasteiger charge is -1.99. The van der Waals surface area contributed by atoms with Crippen LogP contribution >= 0.6 is 0 Å². The molecule has 0 spiro atoms. The van der Waals surface area contributed by atoms with Crippen LogP contribution in [0.1, 0.15) is 11.3 Å². The van der Waals surface area contributed by atoms with Crippen LogP contribution in [0.2, 0.25) is 0 Å². The van der Waals surface area contributed by atoms with Crippen LogP contribution in [-0.4, -0.2) is 16.3 Å². The van der Waals surface area contributed by atoms with Gasteiger partial charge in [0.05, 0.1) is 5.69 Å². The summed E-state index contributed by atoms with van der Waals surface area (Å²) in [6, 6.07) is 9.13. The van der Waals surface area contributed by atoms with E-state index in [0.29, 0.717) is 0 Å². The molecule has 0 saturated heterocycles. The molecule has 2 heterocycles. The van der Waals surface area contributed by atoms with E-state index in [0.717, 1.165) is 22.5 Å². The number of allylic oxidation sites excluding steroid dienone is 1. The first-order chi connectivity index (χ1) is 7.83. The molecule has 0 unspecified atom stereocenters. The van der Waals surface area contributed by atoms with Gasteiger partial charge in [-0.25, -0.2) is 0 Å². The first kappa shape index (κ1) is 8.97. The van der Waals surface area contributed by atoms with Gasteiger partial charge in [0.1, 0.15) is 5.75 Å². The Morgan fingerprint density at radius 2 is 2.19 bits per heavy atom. The average molecular weight is 210 g/mol. The number of hydrogen-bond donors (Lipinski definition) is 2. The molecule has 0 radical (unpaired) electrons. The lowest BCUT2D eigenvalue weighted by atomic mass is 10.1. The Labute approximate surface area is 92.8 Å². The Bertz CT molecular complexity index is 580. The molecule has 1 aliphatic heterocycles. The number of aromatic hydroxyl groups is 1. The summed E-state index contributed by atoms with van der Waals surface area (Å²) in [5.41, 5.74) is 3.90. The molecule has 16 heavy (non-hydrogen) atoms. The van der Waals surface area contributed by atoms with Gasteiger partial charge in [-0.3, -0.25) is 4.99 Å². The third kappa shape index (κ3) is 1.42. The summed E-state index contributed by atoms with van der Waals surface area (Å²) in [6.45, 7) is 0. The minimum atomic E-state index is 0.265. The van der Waals surface area contributed by atoms with Crippen LogP contribution in [0.3, 0.4) is 0 Å². The van der Waals surface area contributed by atoms with Gasteiger partial charge in [-0.05, 0) is 36.4 Å². The maximum atomic E-state index is 9.45. The Morgan fingerprint density at radius 3 is 3.00 bits per heavy atom. The molecule has 3 nitrogen and oxygen atoms in total. The molecule has 0 aliphatic carbocycles. The third-order valence-electron chi connectivity index (χ3n) is 2.57. The Morgan fingerprint density at radius 1 is 1.25 bits per heavy atom. The number of benzene rings is 1. The number of phenols is 1. The molecule has 1 aromatic carbocycles. The molecule has 78 valence electrons. The van der Waals surface area contributed by atoms with Gasteiger partial charge in [-0.15, -0.1) is 0 Å². The summed E-state index contributed by atoms with van der Waals surface area (Å²) in [4.78, 5) is 7.39. The molecule has 0 amide bonds. The van der Waals surface area contributed by atoms with Crippen molar-refractivity contribution < 1.29 is 5.11 Å². The molecule has 3 rings (SSSR count). The fraction of sp³-hybridized carbons (Fsp3) is 0.